The minimum absolute atomic E-state index is 0.749. The molecule has 2 rings (SSSR count). The number of aromatic nitrogens is 1. The monoisotopic (exact) mass is 244 g/mol. The number of nitrogens with zero attached hydrogens (tertiary/aromatic N) is 1. The van der Waals surface area contributed by atoms with Crippen LogP contribution >= 0.6 is 0 Å². The zero-order valence-corrected chi connectivity index (χ0v) is 11.5. The van der Waals surface area contributed by atoms with E-state index >= 15 is 0 Å². The molecule has 1 aromatic heterocycles. The fraction of sp³-hybridized carbons (Fsp3) is 0.500. The molecule has 0 spiro atoms. The molecule has 0 saturated carbocycles. The smallest absolute Gasteiger partial charge is 0.0480 e. The van der Waals surface area contributed by atoms with Crippen LogP contribution in [-0.2, 0) is 6.54 Å². The van der Waals surface area contributed by atoms with Crippen molar-refractivity contribution in [3.05, 3.63) is 36.5 Å². The van der Waals surface area contributed by atoms with E-state index in [1.54, 1.807) is 0 Å². The summed E-state index contributed by atoms with van der Waals surface area (Å²) in [5.74, 6) is 0.749. The van der Waals surface area contributed by atoms with E-state index in [0.717, 1.165) is 25.6 Å². The van der Waals surface area contributed by atoms with Gasteiger partial charge in [0.2, 0.25) is 0 Å². The minimum Gasteiger partial charge on any atom is -0.347 e. The third-order valence-electron chi connectivity index (χ3n) is 3.24. The van der Waals surface area contributed by atoms with Gasteiger partial charge in [0, 0.05) is 18.3 Å². The first-order valence-electron chi connectivity index (χ1n) is 7.02. The Hall–Kier alpha value is -1.28. The fourth-order valence-corrected chi connectivity index (χ4v) is 2.26. The fourth-order valence-electron chi connectivity index (χ4n) is 2.26. The van der Waals surface area contributed by atoms with Crippen LogP contribution in [0.4, 0.5) is 0 Å². The lowest BCUT2D eigenvalue weighted by atomic mass is 10.2. The summed E-state index contributed by atoms with van der Waals surface area (Å²) in [6.45, 7) is 7.89. The summed E-state index contributed by atoms with van der Waals surface area (Å²) in [7, 11) is 0. The Morgan fingerprint density at radius 1 is 1.11 bits per heavy atom. The molecule has 2 heteroatoms. The van der Waals surface area contributed by atoms with Crippen LogP contribution in [-0.4, -0.2) is 17.7 Å². The molecular weight excluding hydrogens is 220 g/mol. The second kappa shape index (κ2) is 6.60. The summed E-state index contributed by atoms with van der Waals surface area (Å²) >= 11 is 0. The van der Waals surface area contributed by atoms with Gasteiger partial charge in [-0.2, -0.15) is 0 Å². The highest BCUT2D eigenvalue weighted by Crippen LogP contribution is 2.15. The SMILES string of the molecule is CC(C)CNCCCCn1ccc2ccccc21. The van der Waals surface area contributed by atoms with Crippen LogP contribution in [0, 0.1) is 5.92 Å². The summed E-state index contributed by atoms with van der Waals surface area (Å²) in [6, 6.07) is 10.8. The first-order chi connectivity index (χ1) is 8.77. The molecule has 1 aromatic carbocycles. The van der Waals surface area contributed by atoms with Crippen molar-refractivity contribution in [2.45, 2.75) is 33.2 Å². The molecule has 0 atom stereocenters. The molecule has 98 valence electrons. The van der Waals surface area contributed by atoms with Gasteiger partial charge in [0.15, 0.2) is 0 Å². The van der Waals surface area contributed by atoms with E-state index in [9.17, 15) is 0 Å². The molecule has 2 aromatic rings. The Bertz CT molecular complexity index is 471. The summed E-state index contributed by atoms with van der Waals surface area (Å²) in [4.78, 5) is 0. The van der Waals surface area contributed by atoms with Gasteiger partial charge in [0.05, 0.1) is 0 Å². The van der Waals surface area contributed by atoms with Crippen LogP contribution in [0.3, 0.4) is 0 Å². The number of fused-ring (bicyclic) bond motifs is 1. The quantitative estimate of drug-likeness (QED) is 0.735. The predicted molar refractivity (Wildman–Crippen MR) is 78.9 cm³/mol. The van der Waals surface area contributed by atoms with Crippen LogP contribution < -0.4 is 5.32 Å². The zero-order valence-electron chi connectivity index (χ0n) is 11.5. The van der Waals surface area contributed by atoms with Crippen molar-refractivity contribution < 1.29 is 0 Å². The molecule has 0 saturated heterocycles. The maximum Gasteiger partial charge on any atom is 0.0480 e. The molecule has 2 nitrogen and oxygen atoms in total. The highest BCUT2D eigenvalue weighted by atomic mass is 14.9. The molecule has 0 fully saturated rings. The average molecular weight is 244 g/mol. The molecule has 0 amide bonds. The topological polar surface area (TPSA) is 17.0 Å². The van der Waals surface area contributed by atoms with Gasteiger partial charge in [-0.25, -0.2) is 0 Å². The molecule has 1 heterocycles. The Morgan fingerprint density at radius 2 is 1.94 bits per heavy atom. The van der Waals surface area contributed by atoms with E-state index < -0.39 is 0 Å². The first kappa shape index (κ1) is 13.2. The number of hydrogen-bond donors (Lipinski definition) is 1. The van der Waals surface area contributed by atoms with Gasteiger partial charge in [0.1, 0.15) is 0 Å². The molecule has 1 N–H and O–H groups in total. The summed E-state index contributed by atoms with van der Waals surface area (Å²) in [5, 5.41) is 4.84. The molecular formula is C16H24N2. The molecule has 0 bridgehead atoms. The number of hydrogen-bond acceptors (Lipinski definition) is 1. The highest BCUT2D eigenvalue weighted by molar-refractivity contribution is 5.79. The Morgan fingerprint density at radius 3 is 2.78 bits per heavy atom. The van der Waals surface area contributed by atoms with Crippen LogP contribution in [0.25, 0.3) is 10.9 Å². The second-order valence-corrected chi connectivity index (χ2v) is 5.37. The Labute approximate surface area is 110 Å². The van der Waals surface area contributed by atoms with Crippen molar-refractivity contribution >= 4 is 10.9 Å². The van der Waals surface area contributed by atoms with Gasteiger partial charge >= 0.3 is 0 Å². The number of nitrogens with one attached hydrogen (secondary N) is 1. The normalized spacial score (nSPS) is 11.5. The van der Waals surface area contributed by atoms with Gasteiger partial charge in [0.25, 0.3) is 0 Å². The van der Waals surface area contributed by atoms with Crippen LogP contribution in [0.15, 0.2) is 36.5 Å². The van der Waals surface area contributed by atoms with Crippen LogP contribution in [0.1, 0.15) is 26.7 Å². The average Bonchev–Trinajstić information content (AvgIpc) is 2.77. The number of unbranched alkanes of at least 4 members (excludes halogenated alkanes) is 1. The highest BCUT2D eigenvalue weighted by Gasteiger charge is 1.99. The summed E-state index contributed by atoms with van der Waals surface area (Å²) in [5.41, 5.74) is 1.35. The van der Waals surface area contributed by atoms with Crippen molar-refractivity contribution in [2.24, 2.45) is 5.92 Å². The number of rotatable bonds is 7. The third kappa shape index (κ3) is 3.61. The van der Waals surface area contributed by atoms with E-state index in [4.69, 9.17) is 0 Å². The van der Waals surface area contributed by atoms with Gasteiger partial charge in [-0.05, 0) is 49.4 Å². The Kier molecular flexibility index (Phi) is 4.82. The molecule has 18 heavy (non-hydrogen) atoms. The van der Waals surface area contributed by atoms with E-state index in [1.807, 2.05) is 0 Å². The standard InChI is InChI=1S/C16H24N2/c1-14(2)13-17-10-5-6-11-18-12-9-15-7-3-4-8-16(15)18/h3-4,7-9,12,14,17H,5-6,10-11,13H2,1-2H3. The van der Waals surface area contributed by atoms with E-state index in [-0.39, 0.29) is 0 Å². The second-order valence-electron chi connectivity index (χ2n) is 5.37. The van der Waals surface area contributed by atoms with Crippen molar-refractivity contribution in [1.29, 1.82) is 0 Å². The minimum atomic E-state index is 0.749. The Balaban J connectivity index is 1.74. The number of para-hydroxylation sites is 1. The van der Waals surface area contributed by atoms with Crippen molar-refractivity contribution in [2.75, 3.05) is 13.1 Å². The van der Waals surface area contributed by atoms with E-state index in [0.29, 0.717) is 0 Å². The molecule has 0 aliphatic heterocycles. The van der Waals surface area contributed by atoms with Crippen LogP contribution in [0.5, 0.6) is 0 Å². The van der Waals surface area contributed by atoms with Crippen molar-refractivity contribution in [3.8, 4) is 0 Å². The molecule has 0 unspecified atom stereocenters. The summed E-state index contributed by atoms with van der Waals surface area (Å²) < 4.78 is 2.36. The van der Waals surface area contributed by atoms with Gasteiger partial charge < -0.3 is 9.88 Å². The van der Waals surface area contributed by atoms with Gasteiger partial charge in [-0.3, -0.25) is 0 Å². The lowest BCUT2D eigenvalue weighted by Crippen LogP contribution is -2.20. The molecule has 0 aliphatic carbocycles. The maximum atomic E-state index is 3.49. The van der Waals surface area contributed by atoms with E-state index in [2.05, 4.69) is 60.3 Å². The zero-order chi connectivity index (χ0) is 12.8. The maximum absolute atomic E-state index is 3.49. The predicted octanol–water partition coefficient (Wildman–Crippen LogP) is 3.67. The lowest BCUT2D eigenvalue weighted by Gasteiger charge is -2.08. The number of benzene rings is 1. The largest absolute Gasteiger partial charge is 0.347 e. The third-order valence-corrected chi connectivity index (χ3v) is 3.24. The van der Waals surface area contributed by atoms with E-state index in [1.165, 1.54) is 23.7 Å². The van der Waals surface area contributed by atoms with Crippen LogP contribution in [0.2, 0.25) is 0 Å². The number of aryl methyl sites for hydroxylation is 1. The van der Waals surface area contributed by atoms with Crippen molar-refractivity contribution in [1.82, 2.24) is 9.88 Å². The first-order valence-corrected chi connectivity index (χ1v) is 7.02. The molecule has 0 aliphatic rings. The summed E-state index contributed by atoms with van der Waals surface area (Å²) in [6.07, 6.45) is 4.69. The van der Waals surface area contributed by atoms with Gasteiger partial charge in [-0.1, -0.05) is 32.0 Å². The van der Waals surface area contributed by atoms with Gasteiger partial charge in [-0.15, -0.1) is 0 Å². The van der Waals surface area contributed by atoms with Crippen molar-refractivity contribution in [3.63, 3.8) is 0 Å². The molecule has 0 radical (unpaired) electrons. The lowest BCUT2D eigenvalue weighted by molar-refractivity contribution is 0.522.